The highest BCUT2D eigenvalue weighted by atomic mass is 32.2. The van der Waals surface area contributed by atoms with Gasteiger partial charge in [0.25, 0.3) is 0 Å². The third-order valence-corrected chi connectivity index (χ3v) is 3.40. The van der Waals surface area contributed by atoms with Gasteiger partial charge in [-0.05, 0) is 30.5 Å². The van der Waals surface area contributed by atoms with Crippen molar-refractivity contribution < 1.29 is 8.37 Å². The van der Waals surface area contributed by atoms with Crippen LogP contribution in [0, 0.1) is 6.42 Å². The second-order valence-electron chi connectivity index (χ2n) is 2.33. The first-order chi connectivity index (χ1) is 4.97. The average molecular weight is 177 g/mol. The smallest absolute Gasteiger partial charge is 0.0875 e. The summed E-state index contributed by atoms with van der Waals surface area (Å²) in [6.07, 6.45) is 3.75. The predicted molar refractivity (Wildman–Crippen MR) is 43.6 cm³/mol. The zero-order chi connectivity index (χ0) is 6.81. The summed E-state index contributed by atoms with van der Waals surface area (Å²) >= 11 is 3.13. The molecule has 2 rings (SSSR count). The van der Waals surface area contributed by atoms with E-state index in [1.54, 1.807) is 24.1 Å². The van der Waals surface area contributed by atoms with Gasteiger partial charge in [0.2, 0.25) is 0 Å². The number of hydrogen-bond acceptors (Lipinski definition) is 4. The third kappa shape index (κ3) is 1.44. The van der Waals surface area contributed by atoms with Gasteiger partial charge >= 0.3 is 0 Å². The second-order valence-corrected chi connectivity index (χ2v) is 4.14. The van der Waals surface area contributed by atoms with Gasteiger partial charge in [-0.15, -0.1) is 0 Å². The van der Waals surface area contributed by atoms with E-state index in [-0.39, 0.29) is 0 Å². The van der Waals surface area contributed by atoms with E-state index in [2.05, 4.69) is 6.42 Å². The molecule has 0 N–H and O–H groups in total. The maximum Gasteiger partial charge on any atom is 0.0875 e. The Morgan fingerprint density at radius 2 is 2.50 bits per heavy atom. The Morgan fingerprint density at radius 1 is 1.50 bits per heavy atom. The highest BCUT2D eigenvalue weighted by Gasteiger charge is 2.31. The molecule has 2 heterocycles. The van der Waals surface area contributed by atoms with Crippen LogP contribution in [0.5, 0.6) is 0 Å². The molecule has 0 aromatic heterocycles. The molecule has 57 valence electrons. The van der Waals surface area contributed by atoms with E-state index in [9.17, 15) is 0 Å². The molecule has 0 aromatic rings. The zero-order valence-corrected chi connectivity index (χ0v) is 7.12. The Labute approximate surface area is 69.4 Å². The molecule has 10 heavy (non-hydrogen) atoms. The lowest BCUT2D eigenvalue weighted by molar-refractivity contribution is 0.268. The van der Waals surface area contributed by atoms with Crippen LogP contribution in [0.25, 0.3) is 0 Å². The van der Waals surface area contributed by atoms with Crippen LogP contribution in [-0.4, -0.2) is 23.7 Å². The van der Waals surface area contributed by atoms with Gasteiger partial charge < -0.3 is 8.37 Å². The monoisotopic (exact) mass is 177 g/mol. The molecule has 2 saturated heterocycles. The van der Waals surface area contributed by atoms with Crippen molar-refractivity contribution in [2.45, 2.75) is 17.8 Å². The van der Waals surface area contributed by atoms with Crippen molar-refractivity contribution in [3.63, 3.8) is 0 Å². The minimum Gasteiger partial charge on any atom is -0.315 e. The minimum absolute atomic E-state index is 0.400. The van der Waals surface area contributed by atoms with Crippen molar-refractivity contribution in [1.29, 1.82) is 0 Å². The predicted octanol–water partition coefficient (Wildman–Crippen LogP) is 1.67. The highest BCUT2D eigenvalue weighted by Crippen LogP contribution is 2.35. The van der Waals surface area contributed by atoms with Crippen LogP contribution in [0.3, 0.4) is 0 Å². The van der Waals surface area contributed by atoms with E-state index in [0.29, 0.717) is 11.4 Å². The fourth-order valence-electron chi connectivity index (χ4n) is 1.07. The van der Waals surface area contributed by atoms with Gasteiger partial charge in [0.1, 0.15) is 0 Å². The molecule has 4 heteroatoms. The Bertz CT molecular complexity index is 94.3. The molecular weight excluding hydrogens is 168 g/mol. The quantitative estimate of drug-likeness (QED) is 0.567. The van der Waals surface area contributed by atoms with Crippen molar-refractivity contribution in [2.75, 3.05) is 12.4 Å². The average Bonchev–Trinajstić information content (AvgIpc) is 2.59. The maximum atomic E-state index is 5.42. The molecule has 2 unspecified atom stereocenters. The maximum absolute atomic E-state index is 5.42. The number of hydrogen-bond donors (Lipinski definition) is 0. The van der Waals surface area contributed by atoms with Gasteiger partial charge in [0.05, 0.1) is 18.0 Å². The molecule has 2 nitrogen and oxygen atoms in total. The summed E-state index contributed by atoms with van der Waals surface area (Å²) in [6.45, 7) is 0.778. The minimum atomic E-state index is 0.400. The van der Waals surface area contributed by atoms with Crippen LogP contribution < -0.4 is 0 Å². The number of rotatable bonds is 1. The van der Waals surface area contributed by atoms with Gasteiger partial charge in [-0.3, -0.25) is 0 Å². The van der Waals surface area contributed by atoms with Crippen molar-refractivity contribution in [2.24, 2.45) is 0 Å². The Hall–Kier alpha value is 0.620. The van der Waals surface area contributed by atoms with Crippen LogP contribution in [0.2, 0.25) is 0 Å². The summed E-state index contributed by atoms with van der Waals surface area (Å²) in [6, 6.07) is 0. The molecule has 0 saturated carbocycles. The van der Waals surface area contributed by atoms with Crippen molar-refractivity contribution in [3.8, 4) is 0 Å². The molecule has 0 spiro atoms. The molecule has 0 aliphatic carbocycles. The van der Waals surface area contributed by atoms with E-state index < -0.39 is 0 Å². The molecule has 0 bridgehead atoms. The highest BCUT2D eigenvalue weighted by molar-refractivity contribution is 7.96. The van der Waals surface area contributed by atoms with Crippen molar-refractivity contribution >= 4 is 24.1 Å². The van der Waals surface area contributed by atoms with E-state index >= 15 is 0 Å². The first kappa shape index (κ1) is 7.28. The van der Waals surface area contributed by atoms with E-state index in [1.807, 2.05) is 0 Å². The van der Waals surface area contributed by atoms with Crippen LogP contribution >= 0.6 is 24.1 Å². The third-order valence-electron chi connectivity index (χ3n) is 1.62. The summed E-state index contributed by atoms with van der Waals surface area (Å²) in [4.78, 5) is 0. The molecule has 2 aliphatic heterocycles. The van der Waals surface area contributed by atoms with Crippen molar-refractivity contribution in [1.82, 2.24) is 0 Å². The lowest BCUT2D eigenvalue weighted by Crippen LogP contribution is -2.19. The van der Waals surface area contributed by atoms with Gasteiger partial charge in [-0.1, -0.05) is 0 Å². The first-order valence-electron chi connectivity index (χ1n) is 3.37. The van der Waals surface area contributed by atoms with Crippen LogP contribution in [0.4, 0.5) is 0 Å². The Balaban J connectivity index is 1.85. The Morgan fingerprint density at radius 3 is 3.10 bits per heavy atom. The molecular formula is C6H9O2S2. The molecule has 0 aromatic carbocycles. The SMILES string of the molecule is [CH]1COSC1C1CCSO1. The first-order valence-corrected chi connectivity index (χ1v) is 5.08. The lowest BCUT2D eigenvalue weighted by atomic mass is 10.1. The topological polar surface area (TPSA) is 18.5 Å². The fourth-order valence-corrected chi connectivity index (χ4v) is 2.74. The summed E-state index contributed by atoms with van der Waals surface area (Å²) < 4.78 is 10.6. The zero-order valence-electron chi connectivity index (χ0n) is 5.49. The Kier molecular flexibility index (Phi) is 2.43. The summed E-state index contributed by atoms with van der Waals surface area (Å²) in [5.41, 5.74) is 0. The van der Waals surface area contributed by atoms with Gasteiger partial charge in [-0.25, -0.2) is 0 Å². The molecule has 2 atom stereocenters. The largest absolute Gasteiger partial charge is 0.315 e. The second kappa shape index (κ2) is 3.34. The van der Waals surface area contributed by atoms with Crippen LogP contribution in [0.15, 0.2) is 0 Å². The van der Waals surface area contributed by atoms with Gasteiger partial charge in [0, 0.05) is 12.2 Å². The van der Waals surface area contributed by atoms with Crippen molar-refractivity contribution in [3.05, 3.63) is 6.42 Å². The van der Waals surface area contributed by atoms with Crippen LogP contribution in [0.1, 0.15) is 6.42 Å². The lowest BCUT2D eigenvalue weighted by Gasteiger charge is -2.11. The standard InChI is InChI=1S/C6H9O2S2/c1-3-7-10-6(1)5-2-4-9-8-5/h1,5-6H,2-4H2. The van der Waals surface area contributed by atoms with Crippen LogP contribution in [-0.2, 0) is 8.37 Å². The fraction of sp³-hybridized carbons (Fsp3) is 0.833. The summed E-state index contributed by atoms with van der Waals surface area (Å²) in [5.74, 6) is 1.13. The molecule has 2 aliphatic rings. The van der Waals surface area contributed by atoms with E-state index in [4.69, 9.17) is 8.37 Å². The van der Waals surface area contributed by atoms with Gasteiger partial charge in [-0.2, -0.15) is 0 Å². The molecule has 1 radical (unpaired) electrons. The normalized spacial score (nSPS) is 40.8. The van der Waals surface area contributed by atoms with E-state index in [1.165, 1.54) is 6.42 Å². The van der Waals surface area contributed by atoms with Gasteiger partial charge in [0.15, 0.2) is 0 Å². The molecule has 0 amide bonds. The molecule has 2 fully saturated rings. The summed E-state index contributed by atoms with van der Waals surface area (Å²) in [7, 11) is 0. The summed E-state index contributed by atoms with van der Waals surface area (Å²) in [5, 5.41) is 0.481. The van der Waals surface area contributed by atoms with E-state index in [0.717, 1.165) is 12.4 Å².